The molecule has 1 aromatic carbocycles. The number of aryl methyl sites for hydroxylation is 1. The molecule has 0 unspecified atom stereocenters. The lowest BCUT2D eigenvalue weighted by Gasteiger charge is -2.05. The Kier molecular flexibility index (Phi) is 4.15. The van der Waals surface area contributed by atoms with Crippen LogP contribution in [0.5, 0.6) is 0 Å². The van der Waals surface area contributed by atoms with Gasteiger partial charge in [0.05, 0.1) is 6.20 Å². The molecule has 2 aromatic rings. The molecule has 19 heavy (non-hydrogen) atoms. The molecule has 1 heterocycles. The number of hydrogen-bond donors (Lipinski definition) is 0. The first-order valence-electron chi connectivity index (χ1n) is 6.83. The number of hydrogen-bond acceptors (Lipinski definition) is 2. The van der Waals surface area contributed by atoms with Gasteiger partial charge in [0.1, 0.15) is 0 Å². The predicted molar refractivity (Wildman–Crippen MR) is 77.3 cm³/mol. The molecule has 0 aliphatic carbocycles. The highest BCUT2D eigenvalue weighted by Gasteiger charge is 2.09. The second-order valence-electron chi connectivity index (χ2n) is 4.72. The molecule has 1 aromatic heterocycles. The van der Waals surface area contributed by atoms with E-state index >= 15 is 0 Å². The number of carbonyl (C=O) groups excluding carboxylic acids is 1. The highest BCUT2D eigenvalue weighted by molar-refractivity contribution is 5.96. The van der Waals surface area contributed by atoms with Crippen molar-refractivity contribution < 1.29 is 4.79 Å². The highest BCUT2D eigenvalue weighted by atomic mass is 16.1. The molecule has 0 aliphatic heterocycles. The van der Waals surface area contributed by atoms with Gasteiger partial charge in [0.15, 0.2) is 5.78 Å². The molecule has 0 spiro atoms. The van der Waals surface area contributed by atoms with Gasteiger partial charge >= 0.3 is 0 Å². The van der Waals surface area contributed by atoms with Crippen molar-refractivity contribution in [3.8, 4) is 11.1 Å². The SMILES string of the molecule is CCCn1ncc(-c2ccc(C(=O)CC)cc2)c1C. The second-order valence-corrected chi connectivity index (χ2v) is 4.72. The van der Waals surface area contributed by atoms with E-state index in [0.29, 0.717) is 6.42 Å². The number of Topliss-reactive ketones (excluding diaryl/α,β-unsaturated/α-hetero) is 1. The minimum absolute atomic E-state index is 0.185. The summed E-state index contributed by atoms with van der Waals surface area (Å²) in [6, 6.07) is 7.81. The topological polar surface area (TPSA) is 34.9 Å². The molecule has 0 radical (unpaired) electrons. The highest BCUT2D eigenvalue weighted by Crippen LogP contribution is 2.23. The molecule has 0 N–H and O–H groups in total. The molecule has 0 saturated carbocycles. The number of aromatic nitrogens is 2. The summed E-state index contributed by atoms with van der Waals surface area (Å²) in [5, 5.41) is 4.41. The van der Waals surface area contributed by atoms with Crippen LogP contribution in [0.25, 0.3) is 11.1 Å². The van der Waals surface area contributed by atoms with E-state index in [4.69, 9.17) is 0 Å². The Labute approximate surface area is 114 Å². The van der Waals surface area contributed by atoms with Crippen molar-refractivity contribution in [3.63, 3.8) is 0 Å². The van der Waals surface area contributed by atoms with Crippen molar-refractivity contribution in [2.45, 2.75) is 40.2 Å². The number of benzene rings is 1. The minimum Gasteiger partial charge on any atom is -0.294 e. The van der Waals surface area contributed by atoms with Gasteiger partial charge in [0.2, 0.25) is 0 Å². The Hall–Kier alpha value is -1.90. The van der Waals surface area contributed by atoms with Crippen LogP contribution in [-0.2, 0) is 6.54 Å². The van der Waals surface area contributed by atoms with Gasteiger partial charge in [-0.3, -0.25) is 9.48 Å². The summed E-state index contributed by atoms with van der Waals surface area (Å²) < 4.78 is 2.03. The van der Waals surface area contributed by atoms with Gasteiger partial charge in [-0.2, -0.15) is 5.10 Å². The summed E-state index contributed by atoms with van der Waals surface area (Å²) in [6.07, 6.45) is 3.53. The fourth-order valence-corrected chi connectivity index (χ4v) is 2.21. The lowest BCUT2D eigenvalue weighted by Crippen LogP contribution is -2.01. The van der Waals surface area contributed by atoms with Gasteiger partial charge in [0.25, 0.3) is 0 Å². The van der Waals surface area contributed by atoms with Crippen molar-refractivity contribution in [1.82, 2.24) is 9.78 Å². The van der Waals surface area contributed by atoms with Crippen LogP contribution in [-0.4, -0.2) is 15.6 Å². The van der Waals surface area contributed by atoms with E-state index in [0.717, 1.165) is 29.7 Å². The van der Waals surface area contributed by atoms with E-state index < -0.39 is 0 Å². The smallest absolute Gasteiger partial charge is 0.162 e. The quantitative estimate of drug-likeness (QED) is 0.761. The number of rotatable bonds is 5. The molecular formula is C16H20N2O. The molecule has 0 atom stereocenters. The predicted octanol–water partition coefficient (Wildman–Crippen LogP) is 3.86. The van der Waals surface area contributed by atoms with Crippen LogP contribution < -0.4 is 0 Å². The Morgan fingerprint density at radius 1 is 1.21 bits per heavy atom. The monoisotopic (exact) mass is 256 g/mol. The van der Waals surface area contributed by atoms with E-state index in [9.17, 15) is 4.79 Å². The molecular weight excluding hydrogens is 236 g/mol. The van der Waals surface area contributed by atoms with Crippen LogP contribution in [0.15, 0.2) is 30.5 Å². The molecule has 0 amide bonds. The first kappa shape index (κ1) is 13.5. The fraction of sp³-hybridized carbons (Fsp3) is 0.375. The van der Waals surface area contributed by atoms with Gasteiger partial charge < -0.3 is 0 Å². The van der Waals surface area contributed by atoms with E-state index in [1.807, 2.05) is 42.1 Å². The largest absolute Gasteiger partial charge is 0.294 e. The van der Waals surface area contributed by atoms with Gasteiger partial charge in [-0.1, -0.05) is 38.1 Å². The summed E-state index contributed by atoms with van der Waals surface area (Å²) in [5.41, 5.74) is 4.22. The Morgan fingerprint density at radius 2 is 1.89 bits per heavy atom. The zero-order chi connectivity index (χ0) is 13.8. The molecule has 0 fully saturated rings. The van der Waals surface area contributed by atoms with Crippen molar-refractivity contribution in [2.75, 3.05) is 0 Å². The van der Waals surface area contributed by atoms with E-state index in [2.05, 4.69) is 18.9 Å². The maximum Gasteiger partial charge on any atom is 0.162 e. The maximum atomic E-state index is 11.6. The summed E-state index contributed by atoms with van der Waals surface area (Å²) in [6.45, 7) is 7.06. The minimum atomic E-state index is 0.185. The maximum absolute atomic E-state index is 11.6. The third kappa shape index (κ3) is 2.75. The second kappa shape index (κ2) is 5.83. The summed E-state index contributed by atoms with van der Waals surface area (Å²) in [4.78, 5) is 11.6. The Bertz CT molecular complexity index is 567. The summed E-state index contributed by atoms with van der Waals surface area (Å²) in [5.74, 6) is 0.185. The normalized spacial score (nSPS) is 10.7. The Balaban J connectivity index is 2.30. The Morgan fingerprint density at radius 3 is 2.47 bits per heavy atom. The van der Waals surface area contributed by atoms with Crippen LogP contribution in [0.1, 0.15) is 42.7 Å². The summed E-state index contributed by atoms with van der Waals surface area (Å²) >= 11 is 0. The summed E-state index contributed by atoms with van der Waals surface area (Å²) in [7, 11) is 0. The lowest BCUT2D eigenvalue weighted by atomic mass is 10.0. The van der Waals surface area contributed by atoms with Crippen LogP contribution >= 0.6 is 0 Å². The van der Waals surface area contributed by atoms with E-state index in [-0.39, 0.29) is 5.78 Å². The van der Waals surface area contributed by atoms with Crippen LogP contribution in [0.2, 0.25) is 0 Å². The molecule has 100 valence electrons. The average Bonchev–Trinajstić information content (AvgIpc) is 2.80. The molecule has 0 bridgehead atoms. The fourth-order valence-electron chi connectivity index (χ4n) is 2.21. The first-order chi connectivity index (χ1) is 9.17. The van der Waals surface area contributed by atoms with Gasteiger partial charge in [-0.25, -0.2) is 0 Å². The third-order valence-corrected chi connectivity index (χ3v) is 3.38. The number of nitrogens with zero attached hydrogens (tertiary/aromatic N) is 2. The van der Waals surface area contributed by atoms with E-state index in [1.54, 1.807) is 0 Å². The molecule has 3 nitrogen and oxygen atoms in total. The van der Waals surface area contributed by atoms with Gasteiger partial charge in [-0.05, 0) is 18.9 Å². The van der Waals surface area contributed by atoms with Crippen molar-refractivity contribution >= 4 is 5.78 Å². The standard InChI is InChI=1S/C16H20N2O/c1-4-10-18-12(3)15(11-17-18)13-6-8-14(9-7-13)16(19)5-2/h6-9,11H,4-5,10H2,1-3H3. The lowest BCUT2D eigenvalue weighted by molar-refractivity contribution is 0.0988. The zero-order valence-corrected chi connectivity index (χ0v) is 11.8. The van der Waals surface area contributed by atoms with E-state index in [1.165, 1.54) is 5.69 Å². The third-order valence-electron chi connectivity index (χ3n) is 3.38. The molecule has 0 saturated heterocycles. The molecule has 0 aliphatic rings. The number of ketones is 1. The van der Waals surface area contributed by atoms with Gasteiger partial charge in [-0.15, -0.1) is 0 Å². The van der Waals surface area contributed by atoms with Crippen LogP contribution in [0.3, 0.4) is 0 Å². The number of carbonyl (C=O) groups is 1. The zero-order valence-electron chi connectivity index (χ0n) is 11.8. The van der Waals surface area contributed by atoms with Crippen molar-refractivity contribution in [3.05, 3.63) is 41.7 Å². The molecule has 3 heteroatoms. The van der Waals surface area contributed by atoms with Crippen molar-refractivity contribution in [1.29, 1.82) is 0 Å². The van der Waals surface area contributed by atoms with Crippen LogP contribution in [0, 0.1) is 6.92 Å². The molecule has 2 rings (SSSR count). The average molecular weight is 256 g/mol. The van der Waals surface area contributed by atoms with Crippen LogP contribution in [0.4, 0.5) is 0 Å². The van der Waals surface area contributed by atoms with Crippen molar-refractivity contribution in [2.24, 2.45) is 0 Å². The van der Waals surface area contributed by atoms with Gasteiger partial charge in [0, 0.05) is 29.8 Å². The first-order valence-corrected chi connectivity index (χ1v) is 6.83.